The number of rotatable bonds is 11. The zero-order valence-corrected chi connectivity index (χ0v) is 25.1. The SMILES string of the molecule is Cc1ccc(C(=O)N(CC(C)(C)CN(C)C)C(c2nc(-c3ccccc3)cn2Cc2ccccc2)C(C)C)cc1. The summed E-state index contributed by atoms with van der Waals surface area (Å²) in [7, 11) is 4.18. The van der Waals surface area contributed by atoms with Crippen LogP contribution in [0.5, 0.6) is 0 Å². The van der Waals surface area contributed by atoms with Crippen molar-refractivity contribution in [1.82, 2.24) is 19.4 Å². The fourth-order valence-electron chi connectivity index (χ4n) is 5.64. The van der Waals surface area contributed by atoms with Gasteiger partial charge >= 0.3 is 0 Å². The molecule has 3 aromatic carbocycles. The molecule has 0 saturated heterocycles. The first-order valence-corrected chi connectivity index (χ1v) is 14.2. The largest absolute Gasteiger partial charge is 0.328 e. The summed E-state index contributed by atoms with van der Waals surface area (Å²) in [5, 5.41) is 0. The summed E-state index contributed by atoms with van der Waals surface area (Å²) in [4.78, 5) is 23.9. The molecular formula is C35H44N4O. The number of carbonyl (C=O) groups is 1. The van der Waals surface area contributed by atoms with E-state index in [-0.39, 0.29) is 23.3 Å². The number of aromatic nitrogens is 2. The lowest BCUT2D eigenvalue weighted by Crippen LogP contribution is -2.46. The van der Waals surface area contributed by atoms with Crippen LogP contribution in [0.4, 0.5) is 0 Å². The molecule has 0 aliphatic rings. The van der Waals surface area contributed by atoms with Gasteiger partial charge in [0.15, 0.2) is 0 Å². The molecule has 1 heterocycles. The third-order valence-corrected chi connectivity index (χ3v) is 7.21. The Balaban J connectivity index is 1.86. The molecule has 40 heavy (non-hydrogen) atoms. The first-order valence-electron chi connectivity index (χ1n) is 14.2. The second kappa shape index (κ2) is 12.6. The first kappa shape index (κ1) is 29.3. The van der Waals surface area contributed by atoms with Crippen LogP contribution in [0, 0.1) is 18.3 Å². The van der Waals surface area contributed by atoms with Gasteiger partial charge in [-0.3, -0.25) is 4.79 Å². The van der Waals surface area contributed by atoms with Crippen molar-refractivity contribution in [3.05, 3.63) is 114 Å². The molecule has 1 atom stereocenters. The van der Waals surface area contributed by atoms with Crippen LogP contribution in [0.2, 0.25) is 0 Å². The van der Waals surface area contributed by atoms with E-state index in [0.29, 0.717) is 18.7 Å². The second-order valence-corrected chi connectivity index (χ2v) is 12.4. The number of aryl methyl sites for hydroxylation is 1. The fraction of sp³-hybridized carbons (Fsp3) is 0.371. The van der Waals surface area contributed by atoms with Crippen molar-refractivity contribution in [1.29, 1.82) is 0 Å². The quantitative estimate of drug-likeness (QED) is 0.201. The maximum Gasteiger partial charge on any atom is 0.254 e. The molecule has 0 bridgehead atoms. The summed E-state index contributed by atoms with van der Waals surface area (Å²) in [6.45, 7) is 13.1. The highest BCUT2D eigenvalue weighted by Crippen LogP contribution is 2.35. The number of imidazole rings is 1. The summed E-state index contributed by atoms with van der Waals surface area (Å²) in [5.41, 5.74) is 4.92. The third-order valence-electron chi connectivity index (χ3n) is 7.21. The van der Waals surface area contributed by atoms with E-state index >= 15 is 0 Å². The van der Waals surface area contributed by atoms with Gasteiger partial charge in [0.2, 0.25) is 0 Å². The molecule has 0 aliphatic carbocycles. The molecule has 0 saturated carbocycles. The predicted octanol–water partition coefficient (Wildman–Crippen LogP) is 7.33. The van der Waals surface area contributed by atoms with E-state index in [1.807, 2.05) is 48.5 Å². The molecule has 4 rings (SSSR count). The Morgan fingerprint density at radius 2 is 1.48 bits per heavy atom. The van der Waals surface area contributed by atoms with E-state index in [1.54, 1.807) is 0 Å². The van der Waals surface area contributed by atoms with Gasteiger partial charge in [0.25, 0.3) is 5.91 Å². The topological polar surface area (TPSA) is 41.4 Å². The van der Waals surface area contributed by atoms with Crippen LogP contribution in [0.1, 0.15) is 61.0 Å². The van der Waals surface area contributed by atoms with Gasteiger partial charge in [0.05, 0.1) is 11.7 Å². The Morgan fingerprint density at radius 1 is 0.875 bits per heavy atom. The Morgan fingerprint density at radius 3 is 2.05 bits per heavy atom. The van der Waals surface area contributed by atoms with Crippen LogP contribution >= 0.6 is 0 Å². The van der Waals surface area contributed by atoms with Gasteiger partial charge in [-0.2, -0.15) is 0 Å². The number of carbonyl (C=O) groups excluding carboxylic acids is 1. The number of benzene rings is 3. The van der Waals surface area contributed by atoms with Crippen LogP contribution in [0.3, 0.4) is 0 Å². The minimum absolute atomic E-state index is 0.0426. The van der Waals surface area contributed by atoms with E-state index in [4.69, 9.17) is 4.98 Å². The van der Waals surface area contributed by atoms with Gasteiger partial charge in [-0.1, -0.05) is 106 Å². The summed E-state index contributed by atoms with van der Waals surface area (Å²) in [5.74, 6) is 1.10. The van der Waals surface area contributed by atoms with Gasteiger partial charge in [0.1, 0.15) is 5.82 Å². The van der Waals surface area contributed by atoms with Crippen molar-refractivity contribution < 1.29 is 4.79 Å². The summed E-state index contributed by atoms with van der Waals surface area (Å²) in [6, 6.07) is 28.5. The molecule has 5 heteroatoms. The lowest BCUT2D eigenvalue weighted by atomic mass is 9.89. The molecule has 210 valence electrons. The highest BCUT2D eigenvalue weighted by molar-refractivity contribution is 5.94. The van der Waals surface area contributed by atoms with Crippen molar-refractivity contribution >= 4 is 5.91 Å². The molecule has 1 amide bonds. The molecule has 5 nitrogen and oxygen atoms in total. The van der Waals surface area contributed by atoms with Crippen LogP contribution in [0.25, 0.3) is 11.3 Å². The minimum Gasteiger partial charge on any atom is -0.328 e. The Labute approximate surface area is 240 Å². The summed E-state index contributed by atoms with van der Waals surface area (Å²) < 4.78 is 2.25. The van der Waals surface area contributed by atoms with E-state index in [9.17, 15) is 4.79 Å². The van der Waals surface area contributed by atoms with Gasteiger partial charge in [0, 0.05) is 37.0 Å². The molecule has 0 aliphatic heterocycles. The summed E-state index contributed by atoms with van der Waals surface area (Å²) >= 11 is 0. The number of hydrogen-bond acceptors (Lipinski definition) is 3. The third kappa shape index (κ3) is 7.28. The monoisotopic (exact) mass is 536 g/mol. The summed E-state index contributed by atoms with van der Waals surface area (Å²) in [6.07, 6.45) is 2.15. The standard InChI is InChI=1S/C35H44N4O/c1-26(2)32(39(25-35(4,5)24-37(6)7)34(40)30-20-18-27(3)19-21-30)33-36-31(29-16-12-9-13-17-29)23-38(33)22-28-14-10-8-11-15-28/h8-21,23,26,32H,22,24-25H2,1-7H3. The molecule has 4 aromatic rings. The fourth-order valence-corrected chi connectivity index (χ4v) is 5.64. The van der Waals surface area contributed by atoms with Crippen molar-refractivity contribution in [2.75, 3.05) is 27.2 Å². The molecule has 0 spiro atoms. The number of nitrogens with zero attached hydrogens (tertiary/aromatic N) is 4. The van der Waals surface area contributed by atoms with Crippen molar-refractivity contribution in [3.8, 4) is 11.3 Å². The van der Waals surface area contributed by atoms with Crippen LogP contribution in [0.15, 0.2) is 91.1 Å². The molecule has 0 radical (unpaired) electrons. The second-order valence-electron chi connectivity index (χ2n) is 12.4. The predicted molar refractivity (Wildman–Crippen MR) is 165 cm³/mol. The average molecular weight is 537 g/mol. The van der Waals surface area contributed by atoms with E-state index < -0.39 is 0 Å². The molecule has 0 N–H and O–H groups in total. The molecule has 1 unspecified atom stereocenters. The minimum atomic E-state index is -0.212. The molecule has 0 fully saturated rings. The van der Waals surface area contributed by atoms with Gasteiger partial charge in [-0.15, -0.1) is 0 Å². The van der Waals surface area contributed by atoms with Crippen molar-refractivity contribution in [3.63, 3.8) is 0 Å². The number of hydrogen-bond donors (Lipinski definition) is 0. The van der Waals surface area contributed by atoms with Gasteiger partial charge in [-0.05, 0) is 50.0 Å². The molecule has 1 aromatic heterocycles. The number of amides is 1. The van der Waals surface area contributed by atoms with Crippen LogP contribution in [-0.2, 0) is 6.54 Å². The van der Waals surface area contributed by atoms with Gasteiger partial charge < -0.3 is 14.4 Å². The lowest BCUT2D eigenvalue weighted by molar-refractivity contribution is 0.0457. The molecular weight excluding hydrogens is 492 g/mol. The average Bonchev–Trinajstić information content (AvgIpc) is 3.31. The van der Waals surface area contributed by atoms with E-state index in [0.717, 1.165) is 29.2 Å². The van der Waals surface area contributed by atoms with E-state index in [1.165, 1.54) is 5.56 Å². The normalized spacial score (nSPS) is 12.6. The maximum atomic E-state index is 14.4. The first-order chi connectivity index (χ1) is 19.0. The zero-order chi connectivity index (χ0) is 28.9. The Hall–Kier alpha value is -3.70. The Kier molecular flexibility index (Phi) is 9.26. The lowest BCUT2D eigenvalue weighted by Gasteiger charge is -2.40. The van der Waals surface area contributed by atoms with Crippen LogP contribution in [-0.4, -0.2) is 52.4 Å². The van der Waals surface area contributed by atoms with E-state index in [2.05, 4.69) is 106 Å². The van der Waals surface area contributed by atoms with Gasteiger partial charge in [-0.25, -0.2) is 4.98 Å². The Bertz CT molecular complexity index is 1370. The highest BCUT2D eigenvalue weighted by Gasteiger charge is 2.36. The zero-order valence-electron chi connectivity index (χ0n) is 25.1. The van der Waals surface area contributed by atoms with Crippen molar-refractivity contribution in [2.24, 2.45) is 11.3 Å². The smallest absolute Gasteiger partial charge is 0.254 e. The van der Waals surface area contributed by atoms with Crippen LogP contribution < -0.4 is 0 Å². The highest BCUT2D eigenvalue weighted by atomic mass is 16.2. The maximum absolute atomic E-state index is 14.4. The van der Waals surface area contributed by atoms with Crippen molar-refractivity contribution in [2.45, 2.75) is 47.2 Å².